The molecular weight excluding hydrogens is 328 g/mol. The lowest BCUT2D eigenvalue weighted by Gasteiger charge is -2.02. The van der Waals surface area contributed by atoms with Crippen LogP contribution in [0.3, 0.4) is 0 Å². The van der Waals surface area contributed by atoms with E-state index in [0.717, 1.165) is 0 Å². The van der Waals surface area contributed by atoms with Crippen LogP contribution in [0.5, 0.6) is 0 Å². The van der Waals surface area contributed by atoms with Crippen LogP contribution < -0.4 is 0 Å². The molecule has 0 bridgehead atoms. The van der Waals surface area contributed by atoms with Crippen LogP contribution in [0.4, 0.5) is 4.39 Å². The van der Waals surface area contributed by atoms with Gasteiger partial charge in [-0.15, -0.1) is 0 Å². The molecule has 3 rings (SSSR count). The fraction of sp³-hybridized carbons (Fsp3) is 0. The summed E-state index contributed by atoms with van der Waals surface area (Å²) in [5, 5.41) is 9.48. The molecule has 0 saturated heterocycles. The molecule has 0 radical (unpaired) electrons. The minimum absolute atomic E-state index is 0.0825. The Balaban J connectivity index is 2.17. The van der Waals surface area contributed by atoms with Gasteiger partial charge in [-0.2, -0.15) is 5.26 Å². The monoisotopic (exact) mass is 333 g/mol. The zero-order chi connectivity index (χ0) is 15.7. The highest BCUT2D eigenvalue weighted by Crippen LogP contribution is 2.31. The number of H-pyrrole nitrogens is 1. The first kappa shape index (κ1) is 14.4. The molecule has 0 aliphatic heterocycles. The van der Waals surface area contributed by atoms with Crippen molar-refractivity contribution in [2.24, 2.45) is 0 Å². The van der Waals surface area contributed by atoms with Crippen LogP contribution >= 0.6 is 23.2 Å². The summed E-state index contributed by atoms with van der Waals surface area (Å²) in [6.45, 7) is 0. The van der Waals surface area contributed by atoms with E-state index in [0.29, 0.717) is 11.3 Å². The summed E-state index contributed by atoms with van der Waals surface area (Å²) in [5.74, 6) is -0.380. The number of hydrogen-bond acceptors (Lipinski definition) is 4. The van der Waals surface area contributed by atoms with Crippen LogP contribution in [0.1, 0.15) is 5.69 Å². The standard InChI is InChI=1S/C14H6Cl2FN5/c15-8-2-1-3-9(17)11(8)13-21-10(4-18)12(22-13)7-5-19-14(16)20-6-7/h1-3,5-6H,(H,21,22). The summed E-state index contributed by atoms with van der Waals surface area (Å²) in [4.78, 5) is 14.7. The van der Waals surface area contributed by atoms with Gasteiger partial charge in [-0.3, -0.25) is 0 Å². The average molecular weight is 334 g/mol. The van der Waals surface area contributed by atoms with E-state index < -0.39 is 5.82 Å². The van der Waals surface area contributed by atoms with Crippen molar-refractivity contribution in [3.05, 3.63) is 52.4 Å². The van der Waals surface area contributed by atoms with E-state index in [1.54, 1.807) is 6.07 Å². The van der Waals surface area contributed by atoms with Crippen LogP contribution in [-0.2, 0) is 0 Å². The SMILES string of the molecule is N#Cc1nc(-c2c(F)cccc2Cl)[nH]c1-c1cnc(Cl)nc1. The summed E-state index contributed by atoms with van der Waals surface area (Å²) in [7, 11) is 0. The largest absolute Gasteiger partial charge is 0.337 e. The fourth-order valence-electron chi connectivity index (χ4n) is 1.95. The van der Waals surface area contributed by atoms with Gasteiger partial charge in [-0.1, -0.05) is 17.7 Å². The predicted octanol–water partition coefficient (Wildman–Crippen LogP) is 3.85. The Kier molecular flexibility index (Phi) is 3.75. The van der Waals surface area contributed by atoms with E-state index in [-0.39, 0.29) is 27.4 Å². The highest BCUT2D eigenvalue weighted by molar-refractivity contribution is 6.33. The van der Waals surface area contributed by atoms with Crippen LogP contribution in [0.2, 0.25) is 10.3 Å². The molecule has 0 fully saturated rings. The first-order valence-corrected chi connectivity index (χ1v) is 6.78. The number of benzene rings is 1. The Hall–Kier alpha value is -2.49. The van der Waals surface area contributed by atoms with Gasteiger partial charge in [-0.25, -0.2) is 19.3 Å². The molecule has 108 valence electrons. The highest BCUT2D eigenvalue weighted by Gasteiger charge is 2.18. The van der Waals surface area contributed by atoms with Crippen molar-refractivity contribution in [3.63, 3.8) is 0 Å². The van der Waals surface area contributed by atoms with Gasteiger partial charge >= 0.3 is 0 Å². The number of halogens is 3. The number of hydrogen-bond donors (Lipinski definition) is 1. The first-order chi connectivity index (χ1) is 10.6. The molecular formula is C14H6Cl2FN5. The summed E-state index contributed by atoms with van der Waals surface area (Å²) in [6, 6.07) is 6.24. The maximum atomic E-state index is 14.0. The molecule has 22 heavy (non-hydrogen) atoms. The van der Waals surface area contributed by atoms with Crippen LogP contribution in [0.25, 0.3) is 22.6 Å². The normalized spacial score (nSPS) is 10.5. The molecule has 0 unspecified atom stereocenters. The van der Waals surface area contributed by atoms with Crippen LogP contribution in [-0.4, -0.2) is 19.9 Å². The molecule has 8 heteroatoms. The lowest BCUT2D eigenvalue weighted by atomic mass is 10.2. The van der Waals surface area contributed by atoms with Gasteiger partial charge in [0.05, 0.1) is 16.3 Å². The molecule has 1 N–H and O–H groups in total. The van der Waals surface area contributed by atoms with E-state index in [9.17, 15) is 9.65 Å². The number of rotatable bonds is 2. The Morgan fingerprint density at radius 3 is 2.55 bits per heavy atom. The third kappa shape index (κ3) is 2.52. The predicted molar refractivity (Wildman–Crippen MR) is 79.7 cm³/mol. The highest BCUT2D eigenvalue weighted by atomic mass is 35.5. The van der Waals surface area contributed by atoms with Crippen molar-refractivity contribution in [2.45, 2.75) is 0 Å². The van der Waals surface area contributed by atoms with E-state index in [4.69, 9.17) is 23.2 Å². The van der Waals surface area contributed by atoms with Gasteiger partial charge in [-0.05, 0) is 23.7 Å². The minimum atomic E-state index is -0.537. The van der Waals surface area contributed by atoms with Gasteiger partial charge in [0, 0.05) is 18.0 Å². The maximum Gasteiger partial charge on any atom is 0.222 e. The number of aromatic amines is 1. The second-order valence-electron chi connectivity index (χ2n) is 4.26. The topological polar surface area (TPSA) is 78.2 Å². The smallest absolute Gasteiger partial charge is 0.222 e. The van der Waals surface area contributed by atoms with Gasteiger partial charge in [0.15, 0.2) is 5.69 Å². The third-order valence-corrected chi connectivity index (χ3v) is 3.43. The molecule has 0 aliphatic rings. The number of aromatic nitrogens is 4. The van der Waals surface area contributed by atoms with Crippen molar-refractivity contribution in [1.82, 2.24) is 19.9 Å². The van der Waals surface area contributed by atoms with E-state index >= 15 is 0 Å². The molecule has 0 atom stereocenters. The Morgan fingerprint density at radius 2 is 1.91 bits per heavy atom. The zero-order valence-electron chi connectivity index (χ0n) is 10.8. The minimum Gasteiger partial charge on any atom is -0.337 e. The molecule has 5 nitrogen and oxygen atoms in total. The second-order valence-corrected chi connectivity index (χ2v) is 5.00. The van der Waals surface area contributed by atoms with Crippen LogP contribution in [0, 0.1) is 17.1 Å². The third-order valence-electron chi connectivity index (χ3n) is 2.92. The summed E-state index contributed by atoms with van der Waals surface area (Å²) in [6.07, 6.45) is 2.88. The molecule has 0 spiro atoms. The number of nitrogens with zero attached hydrogens (tertiary/aromatic N) is 4. The van der Waals surface area contributed by atoms with Crippen LogP contribution in [0.15, 0.2) is 30.6 Å². The molecule has 3 aromatic rings. The molecule has 0 saturated carbocycles. The van der Waals surface area contributed by atoms with E-state index in [2.05, 4.69) is 19.9 Å². The van der Waals surface area contributed by atoms with Gasteiger partial charge in [0.1, 0.15) is 17.7 Å². The lowest BCUT2D eigenvalue weighted by molar-refractivity contribution is 0.630. The summed E-state index contributed by atoms with van der Waals surface area (Å²) in [5.41, 5.74) is 1.06. The summed E-state index contributed by atoms with van der Waals surface area (Å²) >= 11 is 11.6. The second kappa shape index (κ2) is 5.72. The Bertz CT molecular complexity index is 863. The molecule has 0 aliphatic carbocycles. The molecule has 2 heterocycles. The molecule has 2 aromatic heterocycles. The molecule has 1 aromatic carbocycles. The average Bonchev–Trinajstić information content (AvgIpc) is 2.92. The fourth-order valence-corrected chi connectivity index (χ4v) is 2.30. The number of nitrogens with one attached hydrogen (secondary N) is 1. The van der Waals surface area contributed by atoms with Crippen molar-refractivity contribution in [2.75, 3.05) is 0 Å². The van der Waals surface area contributed by atoms with Crippen molar-refractivity contribution in [3.8, 4) is 28.7 Å². The molecule has 0 amide bonds. The Morgan fingerprint density at radius 1 is 1.18 bits per heavy atom. The van der Waals surface area contributed by atoms with Gasteiger partial charge in [0.25, 0.3) is 0 Å². The Labute approximate surface area is 134 Å². The zero-order valence-corrected chi connectivity index (χ0v) is 12.3. The van der Waals surface area contributed by atoms with Gasteiger partial charge < -0.3 is 4.98 Å². The van der Waals surface area contributed by atoms with E-state index in [1.165, 1.54) is 24.5 Å². The van der Waals surface area contributed by atoms with E-state index in [1.807, 2.05) is 6.07 Å². The van der Waals surface area contributed by atoms with Gasteiger partial charge in [0.2, 0.25) is 5.28 Å². The maximum absolute atomic E-state index is 14.0. The van der Waals surface area contributed by atoms with Crippen molar-refractivity contribution < 1.29 is 4.39 Å². The number of nitriles is 1. The first-order valence-electron chi connectivity index (χ1n) is 6.02. The summed E-state index contributed by atoms with van der Waals surface area (Å²) < 4.78 is 14.0. The van der Waals surface area contributed by atoms with Crippen molar-refractivity contribution >= 4 is 23.2 Å². The lowest BCUT2D eigenvalue weighted by Crippen LogP contribution is -1.88. The van der Waals surface area contributed by atoms with Crippen molar-refractivity contribution in [1.29, 1.82) is 5.26 Å². The number of imidazole rings is 1. The quantitative estimate of drug-likeness (QED) is 0.722.